The third-order valence-corrected chi connectivity index (χ3v) is 3.51. The van der Waals surface area contributed by atoms with E-state index in [9.17, 15) is 0 Å². The number of ether oxygens (including phenoxy) is 1. The summed E-state index contributed by atoms with van der Waals surface area (Å²) in [6.07, 6.45) is 0. The second kappa shape index (κ2) is 4.59. The summed E-state index contributed by atoms with van der Waals surface area (Å²) >= 11 is 6.16. The van der Waals surface area contributed by atoms with Crippen molar-refractivity contribution in [2.75, 3.05) is 14.2 Å². The van der Waals surface area contributed by atoms with E-state index in [1.165, 1.54) is 16.6 Å². The maximum atomic E-state index is 6.16. The molecule has 0 aliphatic rings. The third-order valence-electron chi connectivity index (χ3n) is 3.22. The highest BCUT2D eigenvalue weighted by Gasteiger charge is 2.13. The summed E-state index contributed by atoms with van der Waals surface area (Å²) in [5, 5.41) is 5.03. The van der Waals surface area contributed by atoms with Crippen LogP contribution in [0.25, 0.3) is 10.9 Å². The van der Waals surface area contributed by atoms with Crippen LogP contribution in [0.2, 0.25) is 5.02 Å². The maximum Gasteiger partial charge on any atom is 0.138 e. The lowest BCUT2D eigenvalue weighted by Crippen LogP contribution is -2.10. The molecule has 92 valence electrons. The van der Waals surface area contributed by atoms with Crippen LogP contribution in [0.5, 0.6) is 5.75 Å². The molecule has 0 fully saturated rings. The highest BCUT2D eigenvalue weighted by molar-refractivity contribution is 6.32. The van der Waals surface area contributed by atoms with Crippen LogP contribution in [0, 0.1) is 6.92 Å². The molecule has 1 aromatic carbocycles. The molecule has 1 N–H and O–H groups in total. The quantitative estimate of drug-likeness (QED) is 0.909. The van der Waals surface area contributed by atoms with E-state index in [4.69, 9.17) is 16.3 Å². The minimum Gasteiger partial charge on any atom is -0.495 e. The number of halogens is 1. The summed E-state index contributed by atoms with van der Waals surface area (Å²) in [6.45, 7) is 2.97. The van der Waals surface area contributed by atoms with Gasteiger partial charge in [-0.1, -0.05) is 11.6 Å². The SMILES string of the molecule is CNCc1c(C)c2cc(OC)c(Cl)cc2n1C. The molecule has 0 amide bonds. The zero-order chi connectivity index (χ0) is 12.6. The molecule has 2 aromatic rings. The van der Waals surface area contributed by atoms with Crippen LogP contribution in [0.4, 0.5) is 0 Å². The summed E-state index contributed by atoms with van der Waals surface area (Å²) in [6, 6.07) is 3.97. The number of aromatic nitrogens is 1. The first kappa shape index (κ1) is 12.3. The van der Waals surface area contributed by atoms with E-state index >= 15 is 0 Å². The fourth-order valence-electron chi connectivity index (χ4n) is 2.25. The highest BCUT2D eigenvalue weighted by Crippen LogP contribution is 2.33. The second-order valence-electron chi connectivity index (χ2n) is 4.16. The van der Waals surface area contributed by atoms with Crippen LogP contribution >= 0.6 is 11.6 Å². The predicted molar refractivity (Wildman–Crippen MR) is 72.0 cm³/mol. The number of benzene rings is 1. The molecule has 0 saturated heterocycles. The Morgan fingerprint density at radius 3 is 2.71 bits per heavy atom. The van der Waals surface area contributed by atoms with Gasteiger partial charge in [0.05, 0.1) is 17.6 Å². The Hall–Kier alpha value is -1.19. The number of methoxy groups -OCH3 is 1. The number of nitrogens with zero attached hydrogens (tertiary/aromatic N) is 1. The number of hydrogen-bond donors (Lipinski definition) is 1. The number of hydrogen-bond acceptors (Lipinski definition) is 2. The average Bonchev–Trinajstić information content (AvgIpc) is 2.54. The number of rotatable bonds is 3. The molecule has 0 atom stereocenters. The molecule has 0 aliphatic heterocycles. The van der Waals surface area contributed by atoms with Gasteiger partial charge in [0.15, 0.2) is 0 Å². The van der Waals surface area contributed by atoms with Crippen molar-refractivity contribution in [1.82, 2.24) is 9.88 Å². The van der Waals surface area contributed by atoms with Crippen LogP contribution < -0.4 is 10.1 Å². The minimum atomic E-state index is 0.650. The van der Waals surface area contributed by atoms with Gasteiger partial charge in [-0.3, -0.25) is 0 Å². The summed E-state index contributed by atoms with van der Waals surface area (Å²) in [4.78, 5) is 0. The first-order chi connectivity index (χ1) is 8.10. The standard InChI is InChI=1S/C13H17ClN2O/c1-8-9-5-13(17-4)10(14)6-11(9)16(3)12(8)7-15-2/h5-6,15H,7H2,1-4H3. The predicted octanol–water partition coefficient (Wildman–Crippen LogP) is 2.87. The van der Waals surface area contributed by atoms with E-state index in [0.29, 0.717) is 5.02 Å². The number of fused-ring (bicyclic) bond motifs is 1. The molecule has 1 heterocycles. The fraction of sp³-hybridized carbons (Fsp3) is 0.385. The van der Waals surface area contributed by atoms with Gasteiger partial charge in [-0.2, -0.15) is 0 Å². The lowest BCUT2D eigenvalue weighted by Gasteiger charge is -2.05. The Bertz CT molecular complexity index is 560. The van der Waals surface area contributed by atoms with Gasteiger partial charge in [-0.15, -0.1) is 0 Å². The molecule has 0 saturated carbocycles. The van der Waals surface area contributed by atoms with Gasteiger partial charge < -0.3 is 14.6 Å². The highest BCUT2D eigenvalue weighted by atomic mass is 35.5. The summed E-state index contributed by atoms with van der Waals surface area (Å²) in [5.41, 5.74) is 3.68. The van der Waals surface area contributed by atoms with Gasteiger partial charge in [0.2, 0.25) is 0 Å². The molecule has 0 radical (unpaired) electrons. The number of nitrogens with one attached hydrogen (secondary N) is 1. The summed E-state index contributed by atoms with van der Waals surface area (Å²) < 4.78 is 7.43. The molecule has 17 heavy (non-hydrogen) atoms. The molecule has 2 rings (SSSR count). The van der Waals surface area contributed by atoms with E-state index in [1.54, 1.807) is 7.11 Å². The Morgan fingerprint density at radius 2 is 2.12 bits per heavy atom. The van der Waals surface area contributed by atoms with Crippen molar-refractivity contribution < 1.29 is 4.74 Å². The average molecular weight is 253 g/mol. The van der Waals surface area contributed by atoms with E-state index in [2.05, 4.69) is 23.9 Å². The lowest BCUT2D eigenvalue weighted by atomic mass is 10.1. The Morgan fingerprint density at radius 1 is 1.41 bits per heavy atom. The minimum absolute atomic E-state index is 0.650. The molecule has 4 heteroatoms. The van der Waals surface area contributed by atoms with Crippen molar-refractivity contribution in [3.63, 3.8) is 0 Å². The first-order valence-corrected chi connectivity index (χ1v) is 5.94. The van der Waals surface area contributed by atoms with Crippen molar-refractivity contribution in [3.05, 3.63) is 28.4 Å². The smallest absolute Gasteiger partial charge is 0.138 e. The van der Waals surface area contributed by atoms with Crippen molar-refractivity contribution in [3.8, 4) is 5.75 Å². The fourth-order valence-corrected chi connectivity index (χ4v) is 2.48. The van der Waals surface area contributed by atoms with Gasteiger partial charge in [0.1, 0.15) is 5.75 Å². The molecule has 0 aliphatic carbocycles. The lowest BCUT2D eigenvalue weighted by molar-refractivity contribution is 0.415. The molecular formula is C13H17ClN2O. The van der Waals surface area contributed by atoms with Crippen LogP contribution in [-0.2, 0) is 13.6 Å². The normalized spacial score (nSPS) is 11.1. The summed E-state index contributed by atoms with van der Waals surface area (Å²) in [5.74, 6) is 0.726. The van der Waals surface area contributed by atoms with Crippen LogP contribution in [0.15, 0.2) is 12.1 Å². The third kappa shape index (κ3) is 1.90. The van der Waals surface area contributed by atoms with Gasteiger partial charge in [0.25, 0.3) is 0 Å². The molecule has 0 spiro atoms. The largest absolute Gasteiger partial charge is 0.495 e. The maximum absolute atomic E-state index is 6.16. The van der Waals surface area contributed by atoms with Gasteiger partial charge in [-0.25, -0.2) is 0 Å². The number of aryl methyl sites for hydroxylation is 2. The van der Waals surface area contributed by atoms with E-state index < -0.39 is 0 Å². The van der Waals surface area contributed by atoms with Crippen molar-refractivity contribution in [2.24, 2.45) is 7.05 Å². The first-order valence-electron chi connectivity index (χ1n) is 5.56. The van der Waals surface area contributed by atoms with Crippen molar-refractivity contribution in [1.29, 1.82) is 0 Å². The zero-order valence-electron chi connectivity index (χ0n) is 10.6. The zero-order valence-corrected chi connectivity index (χ0v) is 11.4. The molecule has 0 bridgehead atoms. The van der Waals surface area contributed by atoms with Gasteiger partial charge in [0, 0.05) is 24.7 Å². The van der Waals surface area contributed by atoms with E-state index in [0.717, 1.165) is 17.8 Å². The van der Waals surface area contributed by atoms with Crippen molar-refractivity contribution >= 4 is 22.5 Å². The van der Waals surface area contributed by atoms with Crippen LogP contribution in [-0.4, -0.2) is 18.7 Å². The van der Waals surface area contributed by atoms with Crippen LogP contribution in [0.1, 0.15) is 11.3 Å². The van der Waals surface area contributed by atoms with Crippen LogP contribution in [0.3, 0.4) is 0 Å². The Balaban J connectivity index is 2.74. The van der Waals surface area contributed by atoms with E-state index in [1.807, 2.05) is 19.2 Å². The molecule has 3 nitrogen and oxygen atoms in total. The van der Waals surface area contributed by atoms with E-state index in [-0.39, 0.29) is 0 Å². The molecule has 0 unspecified atom stereocenters. The second-order valence-corrected chi connectivity index (χ2v) is 4.57. The Kier molecular flexibility index (Phi) is 3.31. The topological polar surface area (TPSA) is 26.2 Å². The molecular weight excluding hydrogens is 236 g/mol. The monoisotopic (exact) mass is 252 g/mol. The van der Waals surface area contributed by atoms with Gasteiger partial charge in [-0.05, 0) is 31.7 Å². The van der Waals surface area contributed by atoms with Gasteiger partial charge >= 0.3 is 0 Å². The van der Waals surface area contributed by atoms with Crippen molar-refractivity contribution in [2.45, 2.75) is 13.5 Å². The molecule has 1 aromatic heterocycles. The Labute approximate surface area is 106 Å². The summed E-state index contributed by atoms with van der Waals surface area (Å²) in [7, 11) is 5.65.